The van der Waals surface area contributed by atoms with Crippen LogP contribution in [0.25, 0.3) is 0 Å². The number of carbonyl (C=O) groups is 1. The molecule has 3 rings (SSSR count). The zero-order valence-corrected chi connectivity index (χ0v) is 24.8. The number of allylic oxidation sites excluding steroid dienone is 3. The number of hydrogen-bond donors (Lipinski definition) is 3. The molecule has 0 bridgehead atoms. The third kappa shape index (κ3) is 8.07. The van der Waals surface area contributed by atoms with Gasteiger partial charge in [-0.25, -0.2) is 0 Å². The van der Waals surface area contributed by atoms with Gasteiger partial charge in [-0.1, -0.05) is 44.1 Å². The number of esters is 1. The van der Waals surface area contributed by atoms with Crippen LogP contribution in [0.3, 0.4) is 0 Å². The van der Waals surface area contributed by atoms with Gasteiger partial charge in [0.15, 0.2) is 0 Å². The highest BCUT2D eigenvalue weighted by atomic mass is 16.5. The zero-order chi connectivity index (χ0) is 29.0. The van der Waals surface area contributed by atoms with Crippen molar-refractivity contribution in [2.75, 3.05) is 6.61 Å². The maximum atomic E-state index is 11.8. The predicted octanol–water partition coefficient (Wildman–Crippen LogP) is 5.26. The normalized spacial score (nSPS) is 34.1. The van der Waals surface area contributed by atoms with Crippen molar-refractivity contribution in [3.05, 3.63) is 35.5 Å². The summed E-state index contributed by atoms with van der Waals surface area (Å²) in [7, 11) is 0. The van der Waals surface area contributed by atoms with E-state index in [-0.39, 0.29) is 30.5 Å². The maximum Gasteiger partial charge on any atom is 0.308 e. The van der Waals surface area contributed by atoms with Crippen molar-refractivity contribution in [1.29, 1.82) is 0 Å². The standard InChI is InChI=1S/C33H50O6/c1-21(2)39-29(35)16-19-38-31-28(34)20-25(23(4)30(31)36)13-12-24-11-9-18-33(7)26(14-15-27(24)33)22(3)10-8-17-32(5,6)37/h12-13,21-22,26-28,30-31,34,36-37H,4,9-11,14-16,18-20H2,1-3,5-7H3/t22-,26-,27?,28-,30-,31+,33-/m1/s1. The summed E-state index contributed by atoms with van der Waals surface area (Å²) in [5.74, 6) is 7.42. The molecule has 0 aromatic rings. The Morgan fingerprint density at radius 3 is 2.62 bits per heavy atom. The fourth-order valence-corrected chi connectivity index (χ4v) is 7.04. The van der Waals surface area contributed by atoms with Crippen LogP contribution in [0.2, 0.25) is 0 Å². The van der Waals surface area contributed by atoms with Crippen LogP contribution in [0.5, 0.6) is 0 Å². The van der Waals surface area contributed by atoms with Crippen LogP contribution in [0.15, 0.2) is 35.5 Å². The second kappa shape index (κ2) is 13.2. The molecule has 0 spiro atoms. The lowest BCUT2D eigenvalue weighted by Gasteiger charge is -2.44. The highest BCUT2D eigenvalue weighted by Crippen LogP contribution is 2.59. The smallest absolute Gasteiger partial charge is 0.308 e. The molecule has 3 aliphatic carbocycles. The molecule has 0 aromatic carbocycles. The molecular formula is C33H50O6. The Kier molecular flexibility index (Phi) is 10.7. The van der Waals surface area contributed by atoms with Crippen LogP contribution in [0, 0.1) is 35.0 Å². The van der Waals surface area contributed by atoms with Crippen molar-refractivity contribution in [3.63, 3.8) is 0 Å². The molecule has 3 saturated carbocycles. The van der Waals surface area contributed by atoms with Crippen LogP contribution in [0.1, 0.15) is 92.9 Å². The molecule has 0 aliphatic heterocycles. The number of rotatable bonds is 8. The number of carbonyl (C=O) groups excluding carboxylic acids is 1. The number of fused-ring (bicyclic) bond motifs is 1. The van der Waals surface area contributed by atoms with Gasteiger partial charge in [-0.3, -0.25) is 4.79 Å². The van der Waals surface area contributed by atoms with Crippen molar-refractivity contribution in [1.82, 2.24) is 0 Å². The van der Waals surface area contributed by atoms with E-state index in [1.807, 2.05) is 6.08 Å². The van der Waals surface area contributed by atoms with Crippen LogP contribution in [-0.2, 0) is 14.3 Å². The van der Waals surface area contributed by atoms with E-state index in [0.717, 1.165) is 24.8 Å². The Labute approximate surface area is 235 Å². The fraction of sp³-hybridized carbons (Fsp3) is 0.727. The maximum absolute atomic E-state index is 11.8. The molecule has 6 nitrogen and oxygen atoms in total. The summed E-state index contributed by atoms with van der Waals surface area (Å²) in [4.78, 5) is 11.8. The van der Waals surface area contributed by atoms with E-state index < -0.39 is 23.9 Å². The fourth-order valence-electron chi connectivity index (χ4n) is 7.04. The minimum absolute atomic E-state index is 0.0706. The molecule has 0 saturated heterocycles. The largest absolute Gasteiger partial charge is 0.463 e. The highest BCUT2D eigenvalue weighted by Gasteiger charge is 2.50. The van der Waals surface area contributed by atoms with E-state index >= 15 is 0 Å². The summed E-state index contributed by atoms with van der Waals surface area (Å²) in [6.45, 7) is 16.0. The van der Waals surface area contributed by atoms with Gasteiger partial charge in [0.05, 0.1) is 25.2 Å². The first kappa shape index (κ1) is 31.6. The Morgan fingerprint density at radius 1 is 1.23 bits per heavy atom. The van der Waals surface area contributed by atoms with Crippen molar-refractivity contribution < 1.29 is 29.6 Å². The summed E-state index contributed by atoms with van der Waals surface area (Å²) in [6.07, 6.45) is 8.36. The third-order valence-corrected chi connectivity index (χ3v) is 8.91. The lowest BCUT2D eigenvalue weighted by atomic mass is 9.61. The van der Waals surface area contributed by atoms with E-state index in [9.17, 15) is 20.1 Å². The number of aliphatic hydroxyl groups is 3. The average molecular weight is 543 g/mol. The topological polar surface area (TPSA) is 96.2 Å². The van der Waals surface area contributed by atoms with Crippen molar-refractivity contribution in [3.8, 4) is 11.8 Å². The Hall–Kier alpha value is -1.91. The van der Waals surface area contributed by atoms with Gasteiger partial charge >= 0.3 is 5.97 Å². The molecule has 6 heteroatoms. The van der Waals surface area contributed by atoms with Crippen LogP contribution in [0.4, 0.5) is 0 Å². The number of ether oxygens (including phenoxy) is 2. The summed E-state index contributed by atoms with van der Waals surface area (Å²) >= 11 is 0. The van der Waals surface area contributed by atoms with Gasteiger partial charge in [-0.15, -0.1) is 5.92 Å². The van der Waals surface area contributed by atoms with Gasteiger partial charge in [-0.05, 0) is 94.1 Å². The van der Waals surface area contributed by atoms with Gasteiger partial charge in [-0.2, -0.15) is 0 Å². The lowest BCUT2D eigenvalue weighted by molar-refractivity contribution is -0.151. The molecule has 0 heterocycles. The molecular weight excluding hydrogens is 492 g/mol. The minimum Gasteiger partial charge on any atom is -0.463 e. The first-order valence-electron chi connectivity index (χ1n) is 14.7. The molecule has 3 fully saturated rings. The Balaban J connectivity index is 1.65. The minimum atomic E-state index is -1.03. The zero-order valence-electron chi connectivity index (χ0n) is 24.8. The summed E-state index contributed by atoms with van der Waals surface area (Å²) in [6, 6.07) is 0. The van der Waals surface area contributed by atoms with Crippen molar-refractivity contribution in [2.45, 2.75) is 123 Å². The number of aliphatic hydroxyl groups excluding tert-OH is 2. The SMILES string of the molecule is C=C1C(=CC=C2CCC[C@@]3(C)C2CC[C@@H]3[C@H](C)CC#CC(C)(C)O)C[C@@H](O)[C@H](OCCC(=O)OC(C)C)[C@@H]1O. The number of hydrogen-bond acceptors (Lipinski definition) is 6. The van der Waals surface area contributed by atoms with Crippen LogP contribution < -0.4 is 0 Å². The summed E-state index contributed by atoms with van der Waals surface area (Å²) < 4.78 is 10.8. The van der Waals surface area contributed by atoms with Crippen molar-refractivity contribution in [2.24, 2.45) is 23.2 Å². The molecule has 218 valence electrons. The quantitative estimate of drug-likeness (QED) is 0.286. The Bertz CT molecular complexity index is 1010. The van der Waals surface area contributed by atoms with E-state index in [1.165, 1.54) is 24.8 Å². The van der Waals surface area contributed by atoms with Gasteiger partial charge in [0.2, 0.25) is 0 Å². The van der Waals surface area contributed by atoms with Crippen LogP contribution in [-0.4, -0.2) is 57.9 Å². The molecule has 0 radical (unpaired) electrons. The molecule has 3 N–H and O–H groups in total. The average Bonchev–Trinajstić information content (AvgIpc) is 3.19. The highest BCUT2D eigenvalue weighted by molar-refractivity contribution is 5.69. The first-order valence-corrected chi connectivity index (χ1v) is 14.7. The van der Waals surface area contributed by atoms with Gasteiger partial charge in [0.1, 0.15) is 17.8 Å². The van der Waals surface area contributed by atoms with E-state index in [4.69, 9.17) is 9.47 Å². The van der Waals surface area contributed by atoms with Crippen LogP contribution >= 0.6 is 0 Å². The van der Waals surface area contributed by atoms with Gasteiger partial charge in [0.25, 0.3) is 0 Å². The summed E-state index contributed by atoms with van der Waals surface area (Å²) in [5.41, 5.74) is 2.14. The molecule has 39 heavy (non-hydrogen) atoms. The third-order valence-electron chi connectivity index (χ3n) is 8.91. The lowest BCUT2D eigenvalue weighted by Crippen LogP contribution is -2.45. The molecule has 0 amide bonds. The second-order valence-corrected chi connectivity index (χ2v) is 12.9. The van der Waals surface area contributed by atoms with E-state index in [1.54, 1.807) is 27.7 Å². The molecule has 0 aromatic heterocycles. The summed E-state index contributed by atoms with van der Waals surface area (Å²) in [5, 5.41) is 31.5. The van der Waals surface area contributed by atoms with Gasteiger partial charge < -0.3 is 24.8 Å². The van der Waals surface area contributed by atoms with Crippen molar-refractivity contribution >= 4 is 5.97 Å². The van der Waals surface area contributed by atoms with E-state index in [0.29, 0.717) is 29.7 Å². The second-order valence-electron chi connectivity index (χ2n) is 12.9. The first-order chi connectivity index (χ1) is 18.2. The van der Waals surface area contributed by atoms with E-state index in [2.05, 4.69) is 38.3 Å². The Morgan fingerprint density at radius 2 is 1.95 bits per heavy atom. The predicted molar refractivity (Wildman–Crippen MR) is 154 cm³/mol. The monoisotopic (exact) mass is 542 g/mol. The van der Waals surface area contributed by atoms with Gasteiger partial charge in [0, 0.05) is 12.8 Å². The molecule has 3 aliphatic rings. The molecule has 7 atom stereocenters. The molecule has 1 unspecified atom stereocenters.